The molecular weight excluding hydrogens is 222 g/mol. The number of halogens is 1. The molecule has 0 fully saturated rings. The Labute approximate surface area is 81.3 Å². The molecule has 0 bridgehead atoms. The summed E-state index contributed by atoms with van der Waals surface area (Å²) in [6.07, 6.45) is 2.17. The SMILES string of the molecule is CC1SC(C)(C)N(C)C=C1Br. The average Bonchev–Trinajstić information content (AvgIpc) is 1.83. The fourth-order valence-electron chi connectivity index (χ4n) is 1.02. The Balaban J connectivity index is 2.84. The van der Waals surface area contributed by atoms with Gasteiger partial charge < -0.3 is 4.90 Å². The molecule has 0 aromatic carbocycles. The number of rotatable bonds is 0. The van der Waals surface area contributed by atoms with Crippen molar-refractivity contribution < 1.29 is 0 Å². The molecule has 0 saturated heterocycles. The van der Waals surface area contributed by atoms with E-state index in [0.29, 0.717) is 5.25 Å². The third kappa shape index (κ3) is 1.94. The summed E-state index contributed by atoms with van der Waals surface area (Å²) in [7, 11) is 2.11. The molecule has 1 nitrogen and oxygen atoms in total. The van der Waals surface area contributed by atoms with Crippen molar-refractivity contribution in [3.8, 4) is 0 Å². The normalized spacial score (nSPS) is 30.1. The molecule has 11 heavy (non-hydrogen) atoms. The quantitative estimate of drug-likeness (QED) is 0.636. The van der Waals surface area contributed by atoms with Crippen LogP contribution in [0.1, 0.15) is 20.8 Å². The summed E-state index contributed by atoms with van der Waals surface area (Å²) in [6, 6.07) is 0. The fourth-order valence-corrected chi connectivity index (χ4v) is 2.86. The van der Waals surface area contributed by atoms with E-state index in [4.69, 9.17) is 0 Å². The van der Waals surface area contributed by atoms with Crippen LogP contribution in [-0.4, -0.2) is 22.1 Å². The second kappa shape index (κ2) is 3.02. The van der Waals surface area contributed by atoms with Crippen LogP contribution < -0.4 is 0 Å². The summed E-state index contributed by atoms with van der Waals surface area (Å²) in [5.41, 5.74) is 0. The van der Waals surface area contributed by atoms with Gasteiger partial charge in [0.15, 0.2) is 0 Å². The maximum absolute atomic E-state index is 3.54. The van der Waals surface area contributed by atoms with Gasteiger partial charge in [-0.3, -0.25) is 0 Å². The summed E-state index contributed by atoms with van der Waals surface area (Å²) >= 11 is 5.51. The van der Waals surface area contributed by atoms with Crippen molar-refractivity contribution in [2.75, 3.05) is 7.05 Å². The Morgan fingerprint density at radius 3 is 2.64 bits per heavy atom. The molecule has 3 heteroatoms. The summed E-state index contributed by atoms with van der Waals surface area (Å²) in [5.74, 6) is 0. The van der Waals surface area contributed by atoms with E-state index >= 15 is 0 Å². The number of hydrogen-bond donors (Lipinski definition) is 0. The van der Waals surface area contributed by atoms with Gasteiger partial charge in [-0.2, -0.15) is 0 Å². The number of thioether (sulfide) groups is 1. The molecule has 0 N–H and O–H groups in total. The molecule has 0 spiro atoms. The molecule has 0 radical (unpaired) electrons. The van der Waals surface area contributed by atoms with Crippen LogP contribution >= 0.6 is 27.7 Å². The molecule has 1 aliphatic rings. The first kappa shape index (κ1) is 9.46. The van der Waals surface area contributed by atoms with Crippen molar-refractivity contribution in [2.45, 2.75) is 30.9 Å². The van der Waals surface area contributed by atoms with Crippen LogP contribution in [-0.2, 0) is 0 Å². The van der Waals surface area contributed by atoms with Crippen LogP contribution in [0.15, 0.2) is 10.7 Å². The van der Waals surface area contributed by atoms with Crippen LogP contribution in [0.3, 0.4) is 0 Å². The van der Waals surface area contributed by atoms with Gasteiger partial charge in [0.2, 0.25) is 0 Å². The zero-order valence-corrected chi connectivity index (χ0v) is 9.79. The predicted molar refractivity (Wildman–Crippen MR) is 55.9 cm³/mol. The van der Waals surface area contributed by atoms with Gasteiger partial charge in [-0.1, -0.05) is 15.9 Å². The minimum Gasteiger partial charge on any atom is -0.366 e. The van der Waals surface area contributed by atoms with Crippen LogP contribution in [0.4, 0.5) is 0 Å². The molecule has 1 rings (SSSR count). The molecule has 0 amide bonds. The molecule has 0 aliphatic carbocycles. The predicted octanol–water partition coefficient (Wildman–Crippen LogP) is 3.03. The van der Waals surface area contributed by atoms with Crippen LogP contribution in [0.25, 0.3) is 0 Å². The van der Waals surface area contributed by atoms with Crippen molar-refractivity contribution in [1.82, 2.24) is 4.90 Å². The zero-order valence-electron chi connectivity index (χ0n) is 7.39. The van der Waals surface area contributed by atoms with E-state index in [-0.39, 0.29) is 4.87 Å². The Bertz CT molecular complexity index is 189. The topological polar surface area (TPSA) is 3.24 Å². The molecule has 1 atom stereocenters. The minimum absolute atomic E-state index is 0.233. The highest BCUT2D eigenvalue weighted by atomic mass is 79.9. The maximum Gasteiger partial charge on any atom is 0.0802 e. The summed E-state index contributed by atoms with van der Waals surface area (Å²) in [6.45, 7) is 6.70. The van der Waals surface area contributed by atoms with Gasteiger partial charge in [-0.25, -0.2) is 0 Å². The average molecular weight is 236 g/mol. The van der Waals surface area contributed by atoms with Crippen LogP contribution in [0.2, 0.25) is 0 Å². The lowest BCUT2D eigenvalue weighted by molar-refractivity contribution is 0.330. The first-order valence-electron chi connectivity index (χ1n) is 3.71. The van der Waals surface area contributed by atoms with E-state index in [1.54, 1.807) is 0 Å². The van der Waals surface area contributed by atoms with Gasteiger partial charge in [-0.15, -0.1) is 11.8 Å². The first-order chi connectivity index (χ1) is 4.93. The smallest absolute Gasteiger partial charge is 0.0802 e. The van der Waals surface area contributed by atoms with Gasteiger partial charge in [0.25, 0.3) is 0 Å². The van der Waals surface area contributed by atoms with E-state index in [1.807, 2.05) is 11.8 Å². The van der Waals surface area contributed by atoms with E-state index in [0.717, 1.165) is 0 Å². The van der Waals surface area contributed by atoms with Crippen molar-refractivity contribution in [1.29, 1.82) is 0 Å². The molecule has 0 saturated carbocycles. The summed E-state index contributed by atoms with van der Waals surface area (Å²) < 4.78 is 1.28. The second-order valence-electron chi connectivity index (χ2n) is 3.33. The van der Waals surface area contributed by atoms with E-state index in [2.05, 4.69) is 54.8 Å². The highest BCUT2D eigenvalue weighted by Crippen LogP contribution is 2.40. The molecule has 64 valence electrons. The largest absolute Gasteiger partial charge is 0.366 e. The van der Waals surface area contributed by atoms with Crippen LogP contribution in [0, 0.1) is 0 Å². The van der Waals surface area contributed by atoms with Crippen molar-refractivity contribution >= 4 is 27.7 Å². The maximum atomic E-state index is 3.54. The lowest BCUT2D eigenvalue weighted by atomic mass is 10.3. The van der Waals surface area contributed by atoms with Crippen LogP contribution in [0.5, 0.6) is 0 Å². The molecule has 1 heterocycles. The zero-order chi connectivity index (χ0) is 8.65. The Hall–Kier alpha value is 0.370. The first-order valence-corrected chi connectivity index (χ1v) is 5.39. The lowest BCUT2D eigenvalue weighted by Gasteiger charge is -2.40. The van der Waals surface area contributed by atoms with Crippen molar-refractivity contribution in [2.24, 2.45) is 0 Å². The van der Waals surface area contributed by atoms with Gasteiger partial charge in [-0.05, 0) is 20.8 Å². The van der Waals surface area contributed by atoms with E-state index in [9.17, 15) is 0 Å². The second-order valence-corrected chi connectivity index (χ2v) is 6.19. The Kier molecular flexibility index (Phi) is 2.59. The molecule has 1 aliphatic heterocycles. The molecule has 0 aromatic heterocycles. The number of nitrogens with zero attached hydrogens (tertiary/aromatic N) is 1. The van der Waals surface area contributed by atoms with Gasteiger partial charge in [0.1, 0.15) is 0 Å². The van der Waals surface area contributed by atoms with Crippen molar-refractivity contribution in [3.05, 3.63) is 10.7 Å². The standard InChI is InChI=1S/C8H14BrNS/c1-6-7(9)5-10(4)8(2,3)11-6/h5-6H,1-4H3. The minimum atomic E-state index is 0.233. The molecule has 0 aromatic rings. The number of hydrogen-bond acceptors (Lipinski definition) is 2. The highest BCUT2D eigenvalue weighted by Gasteiger charge is 2.30. The summed E-state index contributed by atoms with van der Waals surface area (Å²) in [4.78, 5) is 2.47. The summed E-state index contributed by atoms with van der Waals surface area (Å²) in [5, 5.41) is 0.584. The van der Waals surface area contributed by atoms with Gasteiger partial charge in [0.05, 0.1) is 4.87 Å². The van der Waals surface area contributed by atoms with E-state index in [1.165, 1.54) is 4.48 Å². The van der Waals surface area contributed by atoms with E-state index < -0.39 is 0 Å². The fraction of sp³-hybridized carbons (Fsp3) is 0.750. The Morgan fingerprint density at radius 1 is 1.64 bits per heavy atom. The third-order valence-corrected chi connectivity index (χ3v) is 4.69. The molecular formula is C8H14BrNS. The van der Waals surface area contributed by atoms with Crippen molar-refractivity contribution in [3.63, 3.8) is 0 Å². The molecule has 1 unspecified atom stereocenters. The van der Waals surface area contributed by atoms with Gasteiger partial charge >= 0.3 is 0 Å². The monoisotopic (exact) mass is 235 g/mol. The van der Waals surface area contributed by atoms with Gasteiger partial charge in [0, 0.05) is 23.0 Å². The lowest BCUT2D eigenvalue weighted by Crippen LogP contribution is -2.38. The third-order valence-electron chi connectivity index (χ3n) is 2.02. The Morgan fingerprint density at radius 2 is 2.18 bits per heavy atom. The highest BCUT2D eigenvalue weighted by molar-refractivity contribution is 9.11.